The first-order valence-corrected chi connectivity index (χ1v) is 9.96. The van der Waals surface area contributed by atoms with Crippen molar-refractivity contribution in [1.29, 1.82) is 0 Å². The predicted molar refractivity (Wildman–Crippen MR) is 118 cm³/mol. The number of hydrogen-bond donors (Lipinski definition) is 3. The maximum absolute atomic E-state index is 12.4. The summed E-state index contributed by atoms with van der Waals surface area (Å²) in [6.45, 7) is 2.94. The fourth-order valence-electron chi connectivity index (χ4n) is 3.64. The number of nitrogens with two attached hydrogens (primary N) is 1. The average Bonchev–Trinajstić information content (AvgIpc) is 3.10. The van der Waals surface area contributed by atoms with Crippen molar-refractivity contribution < 1.29 is 9.59 Å². The summed E-state index contributed by atoms with van der Waals surface area (Å²) in [5.74, 6) is 0.196. The standard InChI is InChI=1S/C23H29N3O2.ClH/c1-16-8-10-17(11-9-16)14-26-23(28)20-6-2-4-18(12-20)15-25-22(27)13-19-5-3-7-21(19)24;/h2,4,6,8-12,19,21H,3,5,7,13-15,24H2,1H3,(H,25,27)(H,26,28);1H/t19-,21+;/m0./s1. The molecule has 0 unspecified atom stereocenters. The summed E-state index contributed by atoms with van der Waals surface area (Å²) in [5.41, 5.74) is 9.80. The number of aryl methyl sites for hydroxylation is 1. The van der Waals surface area contributed by atoms with Crippen LogP contribution >= 0.6 is 12.4 Å². The van der Waals surface area contributed by atoms with Gasteiger partial charge in [-0.05, 0) is 48.9 Å². The van der Waals surface area contributed by atoms with Gasteiger partial charge >= 0.3 is 0 Å². The Hall–Kier alpha value is -2.37. The molecule has 1 aliphatic carbocycles. The highest BCUT2D eigenvalue weighted by Gasteiger charge is 2.25. The number of nitrogens with one attached hydrogen (secondary N) is 2. The first-order valence-electron chi connectivity index (χ1n) is 9.96. The minimum absolute atomic E-state index is 0. The summed E-state index contributed by atoms with van der Waals surface area (Å²) in [5, 5.41) is 5.89. The summed E-state index contributed by atoms with van der Waals surface area (Å²) in [6, 6.07) is 15.6. The number of carbonyl (C=O) groups excluding carboxylic acids is 2. The molecular weight excluding hydrogens is 386 g/mol. The Morgan fingerprint density at radius 2 is 1.72 bits per heavy atom. The molecular formula is C23H30ClN3O2. The molecule has 1 fully saturated rings. The molecule has 2 aromatic carbocycles. The highest BCUT2D eigenvalue weighted by molar-refractivity contribution is 5.94. The second-order valence-electron chi connectivity index (χ2n) is 7.70. The molecule has 5 nitrogen and oxygen atoms in total. The Kier molecular flexibility index (Phi) is 8.68. The van der Waals surface area contributed by atoms with Crippen LogP contribution in [0.4, 0.5) is 0 Å². The Bertz CT molecular complexity index is 823. The van der Waals surface area contributed by atoms with Gasteiger partial charge in [-0.3, -0.25) is 9.59 Å². The molecule has 1 aliphatic rings. The molecule has 156 valence electrons. The van der Waals surface area contributed by atoms with Crippen molar-refractivity contribution in [3.8, 4) is 0 Å². The van der Waals surface area contributed by atoms with Crippen LogP contribution in [0, 0.1) is 12.8 Å². The Morgan fingerprint density at radius 1 is 1.00 bits per heavy atom. The van der Waals surface area contributed by atoms with Crippen LogP contribution in [0.1, 0.15) is 52.7 Å². The van der Waals surface area contributed by atoms with Crippen LogP contribution in [0.25, 0.3) is 0 Å². The first-order chi connectivity index (χ1) is 13.5. The van der Waals surface area contributed by atoms with Crippen LogP contribution in [-0.2, 0) is 17.9 Å². The lowest BCUT2D eigenvalue weighted by molar-refractivity contribution is -0.122. The van der Waals surface area contributed by atoms with Gasteiger partial charge in [-0.25, -0.2) is 0 Å². The van der Waals surface area contributed by atoms with Crippen molar-refractivity contribution in [2.75, 3.05) is 0 Å². The molecule has 1 saturated carbocycles. The Balaban J connectivity index is 0.00000300. The van der Waals surface area contributed by atoms with Gasteiger partial charge in [0.25, 0.3) is 5.91 Å². The summed E-state index contributed by atoms with van der Waals surface area (Å²) in [4.78, 5) is 24.6. The molecule has 0 heterocycles. The molecule has 0 bridgehead atoms. The maximum Gasteiger partial charge on any atom is 0.251 e. The summed E-state index contributed by atoms with van der Waals surface area (Å²) in [6.07, 6.45) is 3.64. The predicted octanol–water partition coefficient (Wildman–Crippen LogP) is 3.48. The van der Waals surface area contributed by atoms with E-state index in [-0.39, 0.29) is 30.3 Å². The van der Waals surface area contributed by atoms with Crippen LogP contribution in [0.15, 0.2) is 48.5 Å². The third kappa shape index (κ3) is 6.87. The third-order valence-corrected chi connectivity index (χ3v) is 5.42. The van der Waals surface area contributed by atoms with E-state index in [0.717, 1.165) is 30.4 Å². The van der Waals surface area contributed by atoms with Gasteiger partial charge in [0, 0.05) is 31.1 Å². The average molecular weight is 416 g/mol. The molecule has 3 rings (SSSR count). The maximum atomic E-state index is 12.4. The minimum Gasteiger partial charge on any atom is -0.352 e. The zero-order valence-electron chi connectivity index (χ0n) is 16.8. The van der Waals surface area contributed by atoms with E-state index in [1.54, 1.807) is 6.07 Å². The second kappa shape index (κ2) is 11.0. The Labute approximate surface area is 178 Å². The van der Waals surface area contributed by atoms with Crippen LogP contribution < -0.4 is 16.4 Å². The SMILES string of the molecule is Cc1ccc(CNC(=O)c2cccc(CNC(=O)C[C@@H]3CCC[C@H]3N)c2)cc1.Cl. The second-order valence-corrected chi connectivity index (χ2v) is 7.70. The fraction of sp³-hybridized carbons (Fsp3) is 0.391. The summed E-state index contributed by atoms with van der Waals surface area (Å²) >= 11 is 0. The van der Waals surface area contributed by atoms with Crippen LogP contribution in [0.5, 0.6) is 0 Å². The van der Waals surface area contributed by atoms with E-state index in [1.807, 2.05) is 49.4 Å². The van der Waals surface area contributed by atoms with Crippen LogP contribution in [0.2, 0.25) is 0 Å². The number of carbonyl (C=O) groups is 2. The van der Waals surface area contributed by atoms with Gasteiger partial charge < -0.3 is 16.4 Å². The van der Waals surface area contributed by atoms with E-state index in [4.69, 9.17) is 5.73 Å². The molecule has 4 N–H and O–H groups in total. The molecule has 2 amide bonds. The van der Waals surface area contributed by atoms with Crippen LogP contribution in [-0.4, -0.2) is 17.9 Å². The van der Waals surface area contributed by atoms with E-state index < -0.39 is 0 Å². The largest absolute Gasteiger partial charge is 0.352 e. The highest BCUT2D eigenvalue weighted by Crippen LogP contribution is 2.26. The van der Waals surface area contributed by atoms with E-state index >= 15 is 0 Å². The van der Waals surface area contributed by atoms with E-state index in [2.05, 4.69) is 10.6 Å². The molecule has 0 aromatic heterocycles. The van der Waals surface area contributed by atoms with Gasteiger partial charge in [0.1, 0.15) is 0 Å². The van der Waals surface area contributed by atoms with E-state index in [0.29, 0.717) is 31.0 Å². The number of rotatable bonds is 7. The lowest BCUT2D eigenvalue weighted by Gasteiger charge is -2.15. The first kappa shape index (κ1) is 22.9. The zero-order chi connectivity index (χ0) is 19.9. The third-order valence-electron chi connectivity index (χ3n) is 5.42. The number of amides is 2. The molecule has 2 atom stereocenters. The summed E-state index contributed by atoms with van der Waals surface area (Å²) in [7, 11) is 0. The number of benzene rings is 2. The van der Waals surface area contributed by atoms with Crippen molar-refractivity contribution in [3.63, 3.8) is 0 Å². The lowest BCUT2D eigenvalue weighted by atomic mass is 10.00. The topological polar surface area (TPSA) is 84.2 Å². The molecule has 0 saturated heterocycles. The van der Waals surface area contributed by atoms with Crippen molar-refractivity contribution in [2.24, 2.45) is 11.7 Å². The van der Waals surface area contributed by atoms with Gasteiger partial charge in [-0.1, -0.05) is 48.4 Å². The van der Waals surface area contributed by atoms with E-state index in [9.17, 15) is 9.59 Å². The van der Waals surface area contributed by atoms with Gasteiger partial charge in [0.05, 0.1) is 0 Å². The van der Waals surface area contributed by atoms with Gasteiger partial charge in [-0.15, -0.1) is 12.4 Å². The molecule has 29 heavy (non-hydrogen) atoms. The van der Waals surface area contributed by atoms with Gasteiger partial charge in [0.15, 0.2) is 0 Å². The minimum atomic E-state index is -0.120. The van der Waals surface area contributed by atoms with Crippen molar-refractivity contribution >= 4 is 24.2 Å². The Morgan fingerprint density at radius 3 is 2.41 bits per heavy atom. The van der Waals surface area contributed by atoms with Gasteiger partial charge in [-0.2, -0.15) is 0 Å². The lowest BCUT2D eigenvalue weighted by Crippen LogP contribution is -2.31. The number of halogens is 1. The highest BCUT2D eigenvalue weighted by atomic mass is 35.5. The normalized spacial score (nSPS) is 18.0. The van der Waals surface area contributed by atoms with Crippen molar-refractivity contribution in [3.05, 3.63) is 70.8 Å². The van der Waals surface area contributed by atoms with Crippen LogP contribution in [0.3, 0.4) is 0 Å². The quantitative estimate of drug-likeness (QED) is 0.647. The molecule has 0 radical (unpaired) electrons. The molecule has 6 heteroatoms. The van der Waals surface area contributed by atoms with Crippen molar-refractivity contribution in [2.45, 2.75) is 51.7 Å². The molecule has 2 aromatic rings. The summed E-state index contributed by atoms with van der Waals surface area (Å²) < 4.78 is 0. The fourth-order valence-corrected chi connectivity index (χ4v) is 3.64. The smallest absolute Gasteiger partial charge is 0.251 e. The molecule has 0 aliphatic heterocycles. The monoisotopic (exact) mass is 415 g/mol. The molecule has 0 spiro atoms. The number of hydrogen-bond acceptors (Lipinski definition) is 3. The van der Waals surface area contributed by atoms with Gasteiger partial charge in [0.2, 0.25) is 5.91 Å². The zero-order valence-corrected chi connectivity index (χ0v) is 17.6. The van der Waals surface area contributed by atoms with E-state index in [1.165, 1.54) is 5.56 Å². The van der Waals surface area contributed by atoms with Crippen molar-refractivity contribution in [1.82, 2.24) is 10.6 Å².